The van der Waals surface area contributed by atoms with Gasteiger partial charge < -0.3 is 0 Å². The Labute approximate surface area is 240 Å². The first-order valence-electron chi connectivity index (χ1n) is 9.12. The Morgan fingerprint density at radius 3 is 1.97 bits per heavy atom. The molecule has 3 aromatic rings. The van der Waals surface area contributed by atoms with E-state index in [2.05, 4.69) is 63.7 Å². The standard InChI is InChI=1S/C21H8Br4Cl2N2O4S/c22-15-13-14(16(23)18(25)17(15)24)21(33)29(20(13)32)28(7-11(30)12-2-1-5-34-12)19(31)8-3-4-9(26)10(27)6-8/h1-6H,7H2. The summed E-state index contributed by atoms with van der Waals surface area (Å²) in [5.74, 6) is -2.76. The molecule has 1 aliphatic rings. The van der Waals surface area contributed by atoms with Gasteiger partial charge in [0.25, 0.3) is 17.7 Å². The molecule has 0 spiro atoms. The Kier molecular flexibility index (Phi) is 7.74. The summed E-state index contributed by atoms with van der Waals surface area (Å²) < 4.78 is 1.64. The molecule has 34 heavy (non-hydrogen) atoms. The largest absolute Gasteiger partial charge is 0.291 e. The molecule has 13 heteroatoms. The van der Waals surface area contributed by atoms with Gasteiger partial charge >= 0.3 is 0 Å². The number of carbonyl (C=O) groups is 4. The van der Waals surface area contributed by atoms with Crippen molar-refractivity contribution in [2.24, 2.45) is 0 Å². The minimum absolute atomic E-state index is 0.0439. The minimum Gasteiger partial charge on any atom is -0.291 e. The Bertz CT molecular complexity index is 1350. The Morgan fingerprint density at radius 2 is 1.47 bits per heavy atom. The highest BCUT2D eigenvalue weighted by Crippen LogP contribution is 2.45. The maximum atomic E-state index is 13.5. The lowest BCUT2D eigenvalue weighted by molar-refractivity contribution is 0.00531. The maximum Gasteiger partial charge on any atom is 0.282 e. The summed E-state index contributed by atoms with van der Waals surface area (Å²) in [4.78, 5) is 53.8. The molecule has 3 amide bonds. The van der Waals surface area contributed by atoms with E-state index in [4.69, 9.17) is 23.2 Å². The van der Waals surface area contributed by atoms with Crippen molar-refractivity contribution in [2.45, 2.75) is 0 Å². The third kappa shape index (κ3) is 4.44. The molecule has 0 unspecified atom stereocenters. The molecule has 0 saturated heterocycles. The van der Waals surface area contributed by atoms with E-state index in [1.807, 2.05) is 0 Å². The second-order valence-electron chi connectivity index (χ2n) is 6.82. The molecule has 2 heterocycles. The number of nitrogens with zero attached hydrogens (tertiary/aromatic N) is 2. The molecule has 4 rings (SSSR count). The van der Waals surface area contributed by atoms with E-state index < -0.39 is 30.0 Å². The van der Waals surface area contributed by atoms with E-state index in [0.29, 0.717) is 27.8 Å². The number of rotatable bonds is 5. The molecule has 6 nitrogen and oxygen atoms in total. The van der Waals surface area contributed by atoms with Crippen LogP contribution in [0.4, 0.5) is 0 Å². The summed E-state index contributed by atoms with van der Waals surface area (Å²) in [5, 5.41) is 3.55. The van der Waals surface area contributed by atoms with Crippen LogP contribution in [-0.4, -0.2) is 40.1 Å². The van der Waals surface area contributed by atoms with Crippen LogP contribution in [0.15, 0.2) is 53.6 Å². The Morgan fingerprint density at radius 1 is 0.882 bits per heavy atom. The van der Waals surface area contributed by atoms with Crippen molar-refractivity contribution >= 4 is 122 Å². The van der Waals surface area contributed by atoms with Crippen molar-refractivity contribution in [3.63, 3.8) is 0 Å². The predicted molar refractivity (Wildman–Crippen MR) is 144 cm³/mol. The van der Waals surface area contributed by atoms with E-state index in [1.54, 1.807) is 17.5 Å². The van der Waals surface area contributed by atoms with E-state index in [0.717, 1.165) is 5.01 Å². The third-order valence-electron chi connectivity index (χ3n) is 4.81. The van der Waals surface area contributed by atoms with Crippen molar-refractivity contribution in [1.82, 2.24) is 10.0 Å². The zero-order valence-corrected chi connectivity index (χ0v) is 25.0. The zero-order chi connectivity index (χ0) is 24.9. The van der Waals surface area contributed by atoms with Crippen LogP contribution >= 0.6 is 98.3 Å². The van der Waals surface area contributed by atoms with E-state index in [9.17, 15) is 19.2 Å². The van der Waals surface area contributed by atoms with Gasteiger partial charge in [0.15, 0.2) is 5.78 Å². The van der Waals surface area contributed by atoms with Gasteiger partial charge in [-0.2, -0.15) is 5.01 Å². The topological polar surface area (TPSA) is 74.8 Å². The lowest BCUT2D eigenvalue weighted by atomic mass is 10.1. The first-order chi connectivity index (χ1) is 16.0. The number of hydrogen-bond acceptors (Lipinski definition) is 5. The first kappa shape index (κ1) is 26.0. The molecular weight excluding hydrogens is 767 g/mol. The number of halogens is 6. The van der Waals surface area contributed by atoms with E-state index in [-0.39, 0.29) is 26.7 Å². The summed E-state index contributed by atoms with van der Waals surface area (Å²) in [7, 11) is 0. The van der Waals surface area contributed by atoms with E-state index >= 15 is 0 Å². The third-order valence-corrected chi connectivity index (χ3v) is 11.2. The minimum atomic E-state index is -0.775. The van der Waals surface area contributed by atoms with Crippen LogP contribution < -0.4 is 0 Å². The van der Waals surface area contributed by atoms with Crippen molar-refractivity contribution < 1.29 is 19.2 Å². The average molecular weight is 775 g/mol. The summed E-state index contributed by atoms with van der Waals surface area (Å²) in [6.07, 6.45) is 0. The quantitative estimate of drug-likeness (QED) is 0.116. The second-order valence-corrected chi connectivity index (χ2v) is 11.8. The Balaban J connectivity index is 1.83. The highest BCUT2D eigenvalue weighted by atomic mass is 79.9. The fraction of sp³-hybridized carbons (Fsp3) is 0.0476. The van der Waals surface area contributed by atoms with Gasteiger partial charge in [0.05, 0.1) is 26.0 Å². The summed E-state index contributed by atoms with van der Waals surface area (Å²) in [6, 6.07) is 7.41. The fourth-order valence-electron chi connectivity index (χ4n) is 3.22. The smallest absolute Gasteiger partial charge is 0.282 e. The molecule has 0 bridgehead atoms. The monoisotopic (exact) mass is 770 g/mol. The van der Waals surface area contributed by atoms with Gasteiger partial charge in [-0.15, -0.1) is 11.3 Å². The van der Waals surface area contributed by atoms with Gasteiger partial charge in [-0.3, -0.25) is 19.2 Å². The number of imide groups is 1. The molecule has 0 aliphatic carbocycles. The first-order valence-corrected chi connectivity index (χ1v) is 13.9. The molecular formula is C21H8Br4Cl2N2O4S. The normalized spacial score (nSPS) is 12.8. The summed E-state index contributed by atoms with van der Waals surface area (Å²) in [5.41, 5.74) is 0.135. The lowest BCUT2D eigenvalue weighted by Crippen LogP contribution is -2.51. The van der Waals surface area contributed by atoms with Gasteiger partial charge in [-0.25, -0.2) is 5.01 Å². The average Bonchev–Trinajstić information content (AvgIpc) is 3.43. The molecule has 0 saturated carbocycles. The van der Waals surface area contributed by atoms with Gasteiger partial charge in [0, 0.05) is 23.5 Å². The van der Waals surface area contributed by atoms with Crippen LogP contribution in [0.25, 0.3) is 0 Å². The number of Topliss-reactive ketones (excluding diaryl/α,β-unsaturated/α-hetero) is 1. The van der Waals surface area contributed by atoms with Crippen molar-refractivity contribution in [2.75, 3.05) is 6.54 Å². The van der Waals surface area contributed by atoms with Gasteiger partial charge in [0.1, 0.15) is 6.54 Å². The summed E-state index contributed by atoms with van der Waals surface area (Å²) in [6.45, 7) is -0.553. The Hall–Kier alpha value is -1.08. The van der Waals surface area contributed by atoms with Crippen molar-refractivity contribution in [1.29, 1.82) is 0 Å². The number of hydrogen-bond donors (Lipinski definition) is 0. The van der Waals surface area contributed by atoms with Crippen LogP contribution in [0.1, 0.15) is 40.7 Å². The number of amides is 3. The molecule has 0 N–H and O–H groups in total. The lowest BCUT2D eigenvalue weighted by Gasteiger charge is -2.29. The summed E-state index contributed by atoms with van der Waals surface area (Å²) >= 11 is 26.7. The fourth-order valence-corrected chi connectivity index (χ4v) is 6.63. The molecule has 0 radical (unpaired) electrons. The molecule has 2 aromatic carbocycles. The number of hydrazine groups is 1. The highest BCUT2D eigenvalue weighted by molar-refractivity contribution is 9.15. The predicted octanol–water partition coefficient (Wildman–Crippen LogP) is 7.64. The molecule has 174 valence electrons. The number of ketones is 1. The van der Waals surface area contributed by atoms with Crippen LogP contribution in [0.2, 0.25) is 10.0 Å². The van der Waals surface area contributed by atoms with Crippen LogP contribution in [-0.2, 0) is 0 Å². The molecule has 0 atom stereocenters. The number of fused-ring (bicyclic) bond motifs is 1. The number of thiophene rings is 1. The number of benzene rings is 2. The van der Waals surface area contributed by atoms with Crippen molar-refractivity contribution in [3.8, 4) is 0 Å². The SMILES string of the molecule is O=C(CN(C(=O)c1ccc(Cl)c(Cl)c1)N1C(=O)c2c(Br)c(Br)c(Br)c(Br)c2C1=O)c1cccs1. The van der Waals surface area contributed by atoms with Crippen LogP contribution in [0, 0.1) is 0 Å². The van der Waals surface area contributed by atoms with Gasteiger partial charge in [0.2, 0.25) is 0 Å². The van der Waals surface area contributed by atoms with Crippen LogP contribution in [0.3, 0.4) is 0 Å². The maximum absolute atomic E-state index is 13.5. The van der Waals surface area contributed by atoms with Crippen LogP contribution in [0.5, 0.6) is 0 Å². The molecule has 1 aromatic heterocycles. The molecule has 0 fully saturated rings. The van der Waals surface area contributed by atoms with E-state index in [1.165, 1.54) is 29.5 Å². The molecule has 1 aliphatic heterocycles. The van der Waals surface area contributed by atoms with Gasteiger partial charge in [-0.1, -0.05) is 29.3 Å². The zero-order valence-electron chi connectivity index (χ0n) is 16.4. The van der Waals surface area contributed by atoms with Gasteiger partial charge in [-0.05, 0) is 93.4 Å². The second kappa shape index (κ2) is 10.1. The van der Waals surface area contributed by atoms with Crippen molar-refractivity contribution in [3.05, 3.63) is 85.2 Å². The number of carbonyl (C=O) groups excluding carboxylic acids is 4. The highest BCUT2D eigenvalue weighted by Gasteiger charge is 2.46.